The number of halogens is 1. The maximum Gasteiger partial charge on any atom is 0.319 e. The second-order valence-electron chi connectivity index (χ2n) is 7.88. The van der Waals surface area contributed by atoms with Crippen LogP contribution in [-0.4, -0.2) is 41.6 Å². The van der Waals surface area contributed by atoms with E-state index in [9.17, 15) is 9.59 Å². The van der Waals surface area contributed by atoms with Crippen LogP contribution in [0.25, 0.3) is 0 Å². The van der Waals surface area contributed by atoms with Crippen molar-refractivity contribution >= 4 is 33.6 Å². The average molecular weight is 488 g/mol. The lowest BCUT2D eigenvalue weighted by Crippen LogP contribution is -2.36. The number of nitrogens with one attached hydrogen (secondary N) is 2. The number of aryl methyl sites for hydroxylation is 1. The van der Waals surface area contributed by atoms with Crippen molar-refractivity contribution in [1.82, 2.24) is 10.2 Å². The molecule has 2 aromatic carbocycles. The van der Waals surface area contributed by atoms with E-state index in [4.69, 9.17) is 5.11 Å². The van der Waals surface area contributed by atoms with Gasteiger partial charge in [0, 0.05) is 35.7 Å². The van der Waals surface area contributed by atoms with E-state index in [1.54, 1.807) is 0 Å². The van der Waals surface area contributed by atoms with Crippen LogP contribution in [-0.2, 0) is 11.2 Å². The van der Waals surface area contributed by atoms with Gasteiger partial charge in [0.25, 0.3) is 0 Å². The SMILES string of the molecule is O=C(O)CCCN(CCCNC(=O)Nc1ccc(Br)cc1)[C@@H]1CCCc2ccccc21. The molecule has 1 atom stereocenters. The molecular formula is C24H30BrN3O3. The number of carbonyl (C=O) groups is 2. The van der Waals surface area contributed by atoms with E-state index in [1.165, 1.54) is 11.1 Å². The Morgan fingerprint density at radius 1 is 1.06 bits per heavy atom. The van der Waals surface area contributed by atoms with Crippen molar-refractivity contribution in [2.45, 2.75) is 44.6 Å². The molecule has 0 bridgehead atoms. The molecule has 166 valence electrons. The third kappa shape index (κ3) is 7.36. The first-order chi connectivity index (χ1) is 15.0. The van der Waals surface area contributed by atoms with Gasteiger partial charge in [0.2, 0.25) is 0 Å². The topological polar surface area (TPSA) is 81.7 Å². The van der Waals surface area contributed by atoms with Gasteiger partial charge in [-0.2, -0.15) is 0 Å². The standard InChI is InChI=1S/C24H30BrN3O3/c25-19-11-13-20(14-12-19)27-24(31)26-15-5-17-28(16-4-10-23(29)30)22-9-3-7-18-6-1-2-8-21(18)22/h1-2,6,8,11-14,22H,3-5,7,9-10,15-17H2,(H,29,30)(H2,26,27,31)/t22-/m1/s1. The van der Waals surface area contributed by atoms with Gasteiger partial charge < -0.3 is 15.7 Å². The molecule has 0 radical (unpaired) electrons. The summed E-state index contributed by atoms with van der Waals surface area (Å²) in [6.07, 6.45) is 4.95. The molecule has 3 N–H and O–H groups in total. The Labute approximate surface area is 192 Å². The highest BCUT2D eigenvalue weighted by Gasteiger charge is 2.25. The molecule has 2 amide bonds. The van der Waals surface area contributed by atoms with E-state index >= 15 is 0 Å². The van der Waals surface area contributed by atoms with E-state index in [-0.39, 0.29) is 12.5 Å². The van der Waals surface area contributed by atoms with Gasteiger partial charge >= 0.3 is 12.0 Å². The fourth-order valence-corrected chi connectivity index (χ4v) is 4.42. The van der Waals surface area contributed by atoms with Gasteiger partial charge in [-0.1, -0.05) is 40.2 Å². The minimum atomic E-state index is -0.754. The highest BCUT2D eigenvalue weighted by Crippen LogP contribution is 2.34. The number of carboxylic acid groups (broad SMARTS) is 1. The van der Waals surface area contributed by atoms with Crippen LogP contribution in [0.4, 0.5) is 10.5 Å². The molecular weight excluding hydrogens is 458 g/mol. The molecule has 0 aliphatic heterocycles. The number of carboxylic acids is 1. The Morgan fingerprint density at radius 3 is 2.58 bits per heavy atom. The summed E-state index contributed by atoms with van der Waals surface area (Å²) in [6, 6.07) is 16.1. The Bertz CT molecular complexity index is 873. The first kappa shape index (κ1) is 23.3. The molecule has 1 aliphatic carbocycles. The van der Waals surface area contributed by atoms with Gasteiger partial charge in [0.1, 0.15) is 0 Å². The van der Waals surface area contributed by atoms with E-state index in [0.717, 1.165) is 48.9 Å². The van der Waals surface area contributed by atoms with Crippen LogP contribution >= 0.6 is 15.9 Å². The number of benzene rings is 2. The number of anilines is 1. The van der Waals surface area contributed by atoms with Crippen LogP contribution in [0.5, 0.6) is 0 Å². The van der Waals surface area contributed by atoms with Crippen molar-refractivity contribution in [2.24, 2.45) is 0 Å². The zero-order valence-corrected chi connectivity index (χ0v) is 19.2. The largest absolute Gasteiger partial charge is 0.481 e. The molecule has 0 heterocycles. The highest BCUT2D eigenvalue weighted by atomic mass is 79.9. The van der Waals surface area contributed by atoms with Crippen LogP contribution in [0.1, 0.15) is 49.3 Å². The molecule has 0 fully saturated rings. The molecule has 3 rings (SSSR count). The van der Waals surface area contributed by atoms with E-state index < -0.39 is 5.97 Å². The summed E-state index contributed by atoms with van der Waals surface area (Å²) in [5.41, 5.74) is 3.51. The number of rotatable bonds is 10. The van der Waals surface area contributed by atoms with Gasteiger partial charge in [-0.3, -0.25) is 9.69 Å². The molecule has 0 saturated carbocycles. The van der Waals surface area contributed by atoms with Gasteiger partial charge in [-0.25, -0.2) is 4.79 Å². The van der Waals surface area contributed by atoms with E-state index in [0.29, 0.717) is 19.0 Å². The minimum absolute atomic E-state index is 0.179. The van der Waals surface area contributed by atoms with Crippen LogP contribution in [0, 0.1) is 0 Å². The second kappa shape index (κ2) is 11.9. The Hall–Kier alpha value is -2.38. The summed E-state index contributed by atoms with van der Waals surface area (Å²) in [5, 5.41) is 14.8. The van der Waals surface area contributed by atoms with E-state index in [2.05, 4.69) is 55.7 Å². The molecule has 0 unspecified atom stereocenters. The molecule has 31 heavy (non-hydrogen) atoms. The number of hydrogen-bond acceptors (Lipinski definition) is 3. The first-order valence-corrected chi connectivity index (χ1v) is 11.7. The number of hydrogen-bond donors (Lipinski definition) is 3. The summed E-state index contributed by atoms with van der Waals surface area (Å²) in [5.74, 6) is -0.754. The number of carbonyl (C=O) groups excluding carboxylic acids is 1. The predicted molar refractivity (Wildman–Crippen MR) is 126 cm³/mol. The Kier molecular flexibility index (Phi) is 8.91. The number of fused-ring (bicyclic) bond motifs is 1. The predicted octanol–water partition coefficient (Wildman–Crippen LogP) is 5.21. The van der Waals surface area contributed by atoms with Crippen molar-refractivity contribution < 1.29 is 14.7 Å². The highest BCUT2D eigenvalue weighted by molar-refractivity contribution is 9.10. The Balaban J connectivity index is 1.52. The smallest absolute Gasteiger partial charge is 0.319 e. The van der Waals surface area contributed by atoms with Crippen LogP contribution in [0.2, 0.25) is 0 Å². The summed E-state index contributed by atoms with van der Waals surface area (Å²) in [7, 11) is 0. The summed E-state index contributed by atoms with van der Waals surface area (Å²) < 4.78 is 0.964. The van der Waals surface area contributed by atoms with Gasteiger partial charge in [-0.15, -0.1) is 0 Å². The lowest BCUT2D eigenvalue weighted by molar-refractivity contribution is -0.137. The number of nitrogens with zero attached hydrogens (tertiary/aromatic N) is 1. The number of urea groups is 1. The van der Waals surface area contributed by atoms with Crippen molar-refractivity contribution in [3.63, 3.8) is 0 Å². The Morgan fingerprint density at radius 2 is 1.81 bits per heavy atom. The molecule has 0 spiro atoms. The average Bonchev–Trinajstić information content (AvgIpc) is 2.76. The van der Waals surface area contributed by atoms with Crippen LogP contribution in [0.3, 0.4) is 0 Å². The second-order valence-corrected chi connectivity index (χ2v) is 8.80. The fourth-order valence-electron chi connectivity index (χ4n) is 4.16. The van der Waals surface area contributed by atoms with Gasteiger partial charge in [-0.05, 0) is 74.0 Å². The maximum absolute atomic E-state index is 12.1. The van der Waals surface area contributed by atoms with Gasteiger partial charge in [0.05, 0.1) is 0 Å². The number of aliphatic carboxylic acids is 1. The number of amides is 2. The molecule has 6 nitrogen and oxygen atoms in total. The molecule has 7 heteroatoms. The van der Waals surface area contributed by atoms with Crippen molar-refractivity contribution in [1.29, 1.82) is 0 Å². The van der Waals surface area contributed by atoms with E-state index in [1.807, 2.05) is 24.3 Å². The maximum atomic E-state index is 12.1. The normalized spacial score (nSPS) is 15.4. The van der Waals surface area contributed by atoms with Crippen LogP contribution in [0.15, 0.2) is 53.0 Å². The lowest BCUT2D eigenvalue weighted by atomic mass is 9.86. The monoisotopic (exact) mass is 487 g/mol. The third-order valence-corrected chi connectivity index (χ3v) is 6.15. The molecule has 1 aliphatic rings. The minimum Gasteiger partial charge on any atom is -0.481 e. The van der Waals surface area contributed by atoms with Gasteiger partial charge in [0.15, 0.2) is 0 Å². The fraction of sp³-hybridized carbons (Fsp3) is 0.417. The molecule has 2 aromatic rings. The summed E-state index contributed by atoms with van der Waals surface area (Å²) in [4.78, 5) is 25.5. The zero-order valence-electron chi connectivity index (χ0n) is 17.6. The van der Waals surface area contributed by atoms with Crippen LogP contribution < -0.4 is 10.6 Å². The summed E-state index contributed by atoms with van der Waals surface area (Å²) >= 11 is 3.38. The van der Waals surface area contributed by atoms with Crippen molar-refractivity contribution in [2.75, 3.05) is 25.0 Å². The quantitative estimate of drug-likeness (QED) is 0.402. The first-order valence-electron chi connectivity index (χ1n) is 10.9. The lowest BCUT2D eigenvalue weighted by Gasteiger charge is -2.36. The van der Waals surface area contributed by atoms with Crippen molar-refractivity contribution in [3.05, 3.63) is 64.1 Å². The third-order valence-electron chi connectivity index (χ3n) is 5.62. The summed E-state index contributed by atoms with van der Waals surface area (Å²) in [6.45, 7) is 2.12. The molecule has 0 aromatic heterocycles. The zero-order chi connectivity index (χ0) is 22.1. The van der Waals surface area contributed by atoms with Crippen molar-refractivity contribution in [3.8, 4) is 0 Å². The molecule has 0 saturated heterocycles.